The van der Waals surface area contributed by atoms with Crippen LogP contribution in [-0.4, -0.2) is 140 Å². The number of benzene rings is 9. The van der Waals surface area contributed by atoms with Crippen LogP contribution >= 0.6 is 47.0 Å². The van der Waals surface area contributed by atoms with Crippen LogP contribution < -0.4 is 4.72 Å². The van der Waals surface area contributed by atoms with Gasteiger partial charge < -0.3 is 14.5 Å². The number of carbonyl (C=O) groups is 2. The van der Waals surface area contributed by atoms with Crippen LogP contribution in [0.3, 0.4) is 0 Å². The third kappa shape index (κ3) is 20.3. The van der Waals surface area contributed by atoms with Gasteiger partial charge in [0, 0.05) is 38.5 Å². The molecule has 2 fully saturated rings. The SMILES string of the molecule is Cc1ccc(C)c(-n2ncnc2SC(CNS(=O)(=O)c2ccccc2)c2ccccc2)c1.Cc1ccccc1-n1cnnc1SC(C(=O)N1CCCC1)c1ccccc1.Cc1ccccc1-n1nnnc1SC(C(=O)N1CCOCC1)c1ccccc1.Cc1ccccc1CSc1nncn1-c1cccc(C)c1C. The number of thioether (sulfide) groups is 4. The number of amides is 2. The molecular weight excluding hydrogens is 1460 g/mol. The highest BCUT2D eigenvalue weighted by atomic mass is 32.2. The lowest BCUT2D eigenvalue weighted by molar-refractivity contribution is -0.134. The van der Waals surface area contributed by atoms with Crippen LogP contribution in [0.4, 0.5) is 0 Å². The number of rotatable bonds is 22. The number of hydrogen-bond acceptors (Lipinski definition) is 18. The molecule has 0 saturated carbocycles. The van der Waals surface area contributed by atoms with Crippen LogP contribution in [0.25, 0.3) is 22.7 Å². The zero-order valence-electron chi connectivity index (χ0n) is 61.8. The van der Waals surface area contributed by atoms with Gasteiger partial charge in [0.1, 0.15) is 29.5 Å². The van der Waals surface area contributed by atoms with E-state index in [1.54, 1.807) is 59.4 Å². The maximum Gasteiger partial charge on any atom is 0.240 e. The van der Waals surface area contributed by atoms with Crippen LogP contribution in [-0.2, 0) is 30.1 Å². The van der Waals surface area contributed by atoms with Crippen LogP contribution in [0.2, 0.25) is 0 Å². The van der Waals surface area contributed by atoms with E-state index in [0.717, 1.165) is 104 Å². The molecule has 4 aromatic heterocycles. The minimum absolute atomic E-state index is 0.0545. The fourth-order valence-corrected chi connectivity index (χ4v) is 17.7. The van der Waals surface area contributed by atoms with E-state index in [0.29, 0.717) is 36.6 Å². The van der Waals surface area contributed by atoms with Gasteiger partial charge in [-0.3, -0.25) is 18.7 Å². The third-order valence-electron chi connectivity index (χ3n) is 18.5. The van der Waals surface area contributed by atoms with E-state index in [1.807, 2.05) is 173 Å². The highest BCUT2D eigenvalue weighted by Crippen LogP contribution is 2.40. The Hall–Kier alpha value is -10.3. The molecule has 6 heterocycles. The lowest BCUT2D eigenvalue weighted by Gasteiger charge is -2.30. The van der Waals surface area contributed by atoms with Gasteiger partial charge in [0.15, 0.2) is 15.5 Å². The van der Waals surface area contributed by atoms with Gasteiger partial charge in [0.05, 0.1) is 46.1 Å². The van der Waals surface area contributed by atoms with E-state index in [1.165, 1.54) is 63.9 Å². The minimum Gasteiger partial charge on any atom is -0.378 e. The summed E-state index contributed by atoms with van der Waals surface area (Å²) in [6.45, 7) is 18.8. The second kappa shape index (κ2) is 38.2. The predicted octanol–water partition coefficient (Wildman–Crippen LogP) is 15.9. The van der Waals surface area contributed by atoms with E-state index in [-0.39, 0.29) is 33.8 Å². The molecule has 558 valence electrons. The van der Waals surface area contributed by atoms with Crippen molar-refractivity contribution in [3.05, 3.63) is 311 Å². The summed E-state index contributed by atoms with van der Waals surface area (Å²) in [6.07, 6.45) is 7.20. The summed E-state index contributed by atoms with van der Waals surface area (Å²) < 4.78 is 41.3. The second-order valence-corrected chi connectivity index (χ2v) is 32.1. The van der Waals surface area contributed by atoms with Crippen LogP contribution in [0.15, 0.2) is 275 Å². The van der Waals surface area contributed by atoms with E-state index < -0.39 is 15.3 Å². The van der Waals surface area contributed by atoms with Crippen molar-refractivity contribution in [3.8, 4) is 22.7 Å². The monoisotopic (exact) mass is 1550 g/mol. The first-order valence-corrected chi connectivity index (χ1v) is 41.0. The highest BCUT2D eigenvalue weighted by Gasteiger charge is 2.33. The number of nitrogens with zero attached hydrogens (tertiary/aromatic N) is 15. The van der Waals surface area contributed by atoms with Crippen molar-refractivity contribution in [2.24, 2.45) is 0 Å². The summed E-state index contributed by atoms with van der Waals surface area (Å²) in [4.78, 5) is 35.1. The van der Waals surface area contributed by atoms with Crippen molar-refractivity contribution >= 4 is 68.9 Å². The fourth-order valence-electron chi connectivity index (χ4n) is 12.3. The molecule has 3 unspecified atom stereocenters. The maximum absolute atomic E-state index is 13.3. The fraction of sp³-hybridized carbons (Fsp3) is 0.241. The zero-order valence-corrected chi connectivity index (χ0v) is 65.8. The number of sulfonamides is 1. The number of aryl methyl sites for hydroxylation is 6. The summed E-state index contributed by atoms with van der Waals surface area (Å²) in [5.74, 6) is 1.11. The number of carbonyl (C=O) groups excluding carboxylic acids is 2. The van der Waals surface area contributed by atoms with E-state index in [4.69, 9.17) is 4.74 Å². The predicted molar refractivity (Wildman–Crippen MR) is 432 cm³/mol. The summed E-state index contributed by atoms with van der Waals surface area (Å²) in [6, 6.07) is 75.0. The Morgan fingerprint density at radius 2 is 0.991 bits per heavy atom. The average molecular weight is 1550 g/mol. The van der Waals surface area contributed by atoms with Gasteiger partial charge in [-0.1, -0.05) is 241 Å². The number of morpholine rings is 1. The van der Waals surface area contributed by atoms with Gasteiger partial charge in [-0.05, 0) is 169 Å². The van der Waals surface area contributed by atoms with Crippen LogP contribution in [0.1, 0.15) is 89.8 Å². The summed E-state index contributed by atoms with van der Waals surface area (Å²) in [5, 5.41) is 35.5. The van der Waals surface area contributed by atoms with Crippen molar-refractivity contribution in [1.29, 1.82) is 0 Å². The minimum atomic E-state index is -3.62. The van der Waals surface area contributed by atoms with Gasteiger partial charge in [-0.25, -0.2) is 22.8 Å². The molecule has 0 aliphatic carbocycles. The smallest absolute Gasteiger partial charge is 0.240 e. The molecule has 0 spiro atoms. The normalized spacial score (nSPS) is 13.6. The van der Waals surface area contributed by atoms with Crippen molar-refractivity contribution in [2.75, 3.05) is 45.9 Å². The standard InChI is InChI=1S/C24H24N4O2S2.C21H22N4OS.C20H21N5O2S.C18H19N3S/c1-18-13-14-19(2)22(15-18)28-24(25-17-26-28)31-23(20-9-5-3-6-10-20)16-27-32(29,30)21-11-7-4-8-12-21;1-16-9-5-6-12-18(16)25-15-22-23-21(25)27-19(17-10-3-2-4-11-17)20(26)24-13-7-8-14-24;1-15-7-5-6-10-17(15)25-20(21-22-23-25)28-18(16-8-3-2-4-9-16)19(26)24-11-13-27-14-12-24;1-13-8-6-10-17(15(13)3)21-12-19-20-18(21)22-11-16-9-5-4-7-14(16)2/h3-15,17,23,27H,16H2,1-2H3;2-6,9-12,15,19H,7-8,13-14H2,1H3;2-10,18H,11-14H2,1H3;4-10,12H,11H2,1-3H3. The number of ether oxygens (including phenoxy) is 1. The van der Waals surface area contributed by atoms with Gasteiger partial charge >= 0.3 is 0 Å². The molecule has 15 rings (SSSR count). The number of nitrogens with one attached hydrogen (secondary N) is 1. The quantitative estimate of drug-likeness (QED) is 0.0621. The summed E-state index contributed by atoms with van der Waals surface area (Å²) >= 11 is 6.05. The lowest BCUT2D eigenvalue weighted by atomic mass is 10.1. The average Bonchev–Trinajstić information content (AvgIpc) is 1.77. The molecule has 9 aromatic carbocycles. The molecule has 26 heteroatoms. The van der Waals surface area contributed by atoms with Gasteiger partial charge in [0.2, 0.25) is 27.0 Å². The molecule has 2 aliphatic heterocycles. The zero-order chi connectivity index (χ0) is 76.1. The number of para-hydroxylation sites is 2. The highest BCUT2D eigenvalue weighted by molar-refractivity contribution is 8.00. The second-order valence-electron chi connectivity index (χ2n) is 26.1. The number of likely N-dealkylation sites (tertiary alicyclic amines) is 1. The molecule has 0 bridgehead atoms. The molecule has 109 heavy (non-hydrogen) atoms. The van der Waals surface area contributed by atoms with Crippen molar-refractivity contribution < 1.29 is 22.7 Å². The Bertz CT molecular complexity index is 5230. The largest absolute Gasteiger partial charge is 0.378 e. The first-order valence-electron chi connectivity index (χ1n) is 35.8. The maximum atomic E-state index is 13.3. The van der Waals surface area contributed by atoms with Crippen molar-refractivity contribution in [3.63, 3.8) is 0 Å². The summed E-state index contributed by atoms with van der Waals surface area (Å²) in [7, 11) is -3.62. The molecule has 0 radical (unpaired) electrons. The first-order chi connectivity index (χ1) is 53.1. The Morgan fingerprint density at radius 1 is 0.477 bits per heavy atom. The molecule has 2 aliphatic rings. The van der Waals surface area contributed by atoms with Gasteiger partial charge in [-0.2, -0.15) is 9.78 Å². The van der Waals surface area contributed by atoms with Crippen LogP contribution in [0.5, 0.6) is 0 Å². The summed E-state index contributed by atoms with van der Waals surface area (Å²) in [5.41, 5.74) is 16.6. The molecule has 1 N–H and O–H groups in total. The van der Waals surface area contributed by atoms with E-state index >= 15 is 0 Å². The topological polar surface area (TPSA) is 232 Å². The molecule has 13 aromatic rings. The lowest BCUT2D eigenvalue weighted by Crippen LogP contribution is -2.42. The van der Waals surface area contributed by atoms with Gasteiger partial charge in [0.25, 0.3) is 0 Å². The Labute approximate surface area is 653 Å². The van der Waals surface area contributed by atoms with Crippen molar-refractivity contribution in [2.45, 2.75) is 108 Å². The van der Waals surface area contributed by atoms with E-state index in [9.17, 15) is 18.0 Å². The third-order valence-corrected chi connectivity index (χ3v) is 24.5. The molecule has 21 nitrogen and oxygen atoms in total. The number of tetrazole rings is 1. The Morgan fingerprint density at radius 3 is 1.61 bits per heavy atom. The Kier molecular flexibility index (Phi) is 27.4. The number of aromatic nitrogens is 13. The Balaban J connectivity index is 0.000000137. The molecule has 2 amide bonds. The van der Waals surface area contributed by atoms with E-state index in [2.05, 4.69) is 150 Å². The van der Waals surface area contributed by atoms with Crippen molar-refractivity contribution in [1.82, 2.24) is 79.0 Å². The van der Waals surface area contributed by atoms with Crippen LogP contribution in [0, 0.1) is 48.5 Å². The van der Waals surface area contributed by atoms with Gasteiger partial charge in [-0.15, -0.1) is 25.5 Å². The molecular formula is C83H86N16O5S5. The first kappa shape index (κ1) is 78.3. The number of hydrogen-bond donors (Lipinski definition) is 1. The molecule has 3 atom stereocenters. The molecule has 2 saturated heterocycles.